The van der Waals surface area contributed by atoms with Gasteiger partial charge in [0.1, 0.15) is 11.9 Å². The number of hydrogen-bond acceptors (Lipinski definition) is 3. The zero-order chi connectivity index (χ0) is 13.8. The molecule has 0 radical (unpaired) electrons. The molecule has 1 atom stereocenters. The van der Waals surface area contributed by atoms with Gasteiger partial charge in [-0.1, -0.05) is 12.1 Å². The molecule has 1 saturated carbocycles. The molecule has 112 valence electrons. The van der Waals surface area contributed by atoms with Crippen molar-refractivity contribution in [1.82, 2.24) is 4.90 Å². The van der Waals surface area contributed by atoms with E-state index in [1.54, 1.807) is 17.0 Å². The second kappa shape index (κ2) is 7.57. The van der Waals surface area contributed by atoms with Gasteiger partial charge < -0.3 is 15.4 Å². The van der Waals surface area contributed by atoms with Crippen LogP contribution in [0, 0.1) is 5.82 Å². The maximum atomic E-state index is 12.9. The van der Waals surface area contributed by atoms with E-state index in [-0.39, 0.29) is 36.7 Å². The highest BCUT2D eigenvalue weighted by Crippen LogP contribution is 2.29. The van der Waals surface area contributed by atoms with Gasteiger partial charge >= 0.3 is 0 Å². The maximum absolute atomic E-state index is 12.9. The van der Waals surface area contributed by atoms with E-state index in [9.17, 15) is 9.18 Å². The molecule has 1 aliphatic carbocycles. The van der Waals surface area contributed by atoms with Crippen molar-refractivity contribution in [2.24, 2.45) is 5.73 Å². The van der Waals surface area contributed by atoms with Crippen LogP contribution in [0.15, 0.2) is 24.3 Å². The molecular formula is C14H20ClFN2O2. The Bertz CT molecular complexity index is 433. The van der Waals surface area contributed by atoms with E-state index in [0.717, 1.165) is 18.4 Å². The van der Waals surface area contributed by atoms with Crippen LogP contribution in [-0.4, -0.2) is 36.6 Å². The van der Waals surface area contributed by atoms with Crippen molar-refractivity contribution < 1.29 is 13.9 Å². The molecule has 2 rings (SSSR count). The lowest BCUT2D eigenvalue weighted by molar-refractivity contribution is -0.142. The molecule has 0 aliphatic heterocycles. The quantitative estimate of drug-likeness (QED) is 0.870. The lowest BCUT2D eigenvalue weighted by Gasteiger charge is -2.26. The minimum Gasteiger partial charge on any atom is -0.370 e. The summed E-state index contributed by atoms with van der Waals surface area (Å²) in [7, 11) is 1.48. The van der Waals surface area contributed by atoms with E-state index in [1.807, 2.05) is 0 Å². The average Bonchev–Trinajstić information content (AvgIpc) is 3.23. The lowest BCUT2D eigenvalue weighted by atomic mass is 10.2. The Morgan fingerprint density at radius 2 is 2.05 bits per heavy atom. The summed E-state index contributed by atoms with van der Waals surface area (Å²) >= 11 is 0. The summed E-state index contributed by atoms with van der Waals surface area (Å²) in [4.78, 5) is 14.1. The SMILES string of the molecule is COC(CN)C(=O)N(Cc1ccc(F)cc1)C1CC1.Cl. The highest BCUT2D eigenvalue weighted by Gasteiger charge is 2.35. The number of benzene rings is 1. The molecule has 1 aromatic carbocycles. The number of rotatable bonds is 6. The van der Waals surface area contributed by atoms with Crippen LogP contribution >= 0.6 is 12.4 Å². The van der Waals surface area contributed by atoms with Gasteiger partial charge in [-0.05, 0) is 30.5 Å². The summed E-state index contributed by atoms with van der Waals surface area (Å²) in [5.41, 5.74) is 6.44. The van der Waals surface area contributed by atoms with Gasteiger partial charge in [0.15, 0.2) is 0 Å². The Morgan fingerprint density at radius 3 is 2.50 bits per heavy atom. The summed E-state index contributed by atoms with van der Waals surface area (Å²) in [6.07, 6.45) is 1.42. The molecule has 0 spiro atoms. The second-order valence-electron chi connectivity index (χ2n) is 4.78. The molecular weight excluding hydrogens is 283 g/mol. The third-order valence-electron chi connectivity index (χ3n) is 3.31. The molecule has 2 N–H and O–H groups in total. The molecule has 0 saturated heterocycles. The Balaban J connectivity index is 0.00000200. The number of ether oxygens (including phenoxy) is 1. The zero-order valence-corrected chi connectivity index (χ0v) is 12.2. The minimum absolute atomic E-state index is 0. The summed E-state index contributed by atoms with van der Waals surface area (Å²) in [6.45, 7) is 0.644. The number of amides is 1. The van der Waals surface area contributed by atoms with Crippen molar-refractivity contribution in [3.63, 3.8) is 0 Å². The largest absolute Gasteiger partial charge is 0.370 e. The van der Waals surface area contributed by atoms with E-state index in [2.05, 4.69) is 0 Å². The first kappa shape index (κ1) is 16.9. The smallest absolute Gasteiger partial charge is 0.253 e. The van der Waals surface area contributed by atoms with Gasteiger partial charge in [-0.3, -0.25) is 4.79 Å². The van der Waals surface area contributed by atoms with Crippen LogP contribution in [0.25, 0.3) is 0 Å². The van der Waals surface area contributed by atoms with Crippen LogP contribution in [0.2, 0.25) is 0 Å². The van der Waals surface area contributed by atoms with E-state index in [1.165, 1.54) is 19.2 Å². The van der Waals surface area contributed by atoms with Crippen molar-refractivity contribution in [2.75, 3.05) is 13.7 Å². The predicted molar refractivity (Wildman–Crippen MR) is 77.1 cm³/mol. The first-order valence-electron chi connectivity index (χ1n) is 6.43. The highest BCUT2D eigenvalue weighted by molar-refractivity contribution is 5.85. The van der Waals surface area contributed by atoms with Gasteiger partial charge in [0.05, 0.1) is 0 Å². The molecule has 1 amide bonds. The molecule has 1 aliphatic rings. The Morgan fingerprint density at radius 1 is 1.45 bits per heavy atom. The minimum atomic E-state index is -0.596. The number of hydrogen-bond donors (Lipinski definition) is 1. The predicted octanol–water partition coefficient (Wildman–Crippen LogP) is 1.71. The number of halogens is 2. The maximum Gasteiger partial charge on any atom is 0.253 e. The normalized spacial score (nSPS) is 15.3. The van der Waals surface area contributed by atoms with Gasteiger partial charge in [-0.2, -0.15) is 0 Å². The number of nitrogens with zero attached hydrogens (tertiary/aromatic N) is 1. The summed E-state index contributed by atoms with van der Waals surface area (Å²) in [6, 6.07) is 6.47. The van der Waals surface area contributed by atoms with Gasteiger partial charge in [-0.15, -0.1) is 12.4 Å². The Kier molecular flexibility index (Phi) is 6.39. The molecule has 4 nitrogen and oxygen atoms in total. The lowest BCUT2D eigenvalue weighted by Crippen LogP contribution is -2.44. The molecule has 1 unspecified atom stereocenters. The van der Waals surface area contributed by atoms with Crippen molar-refractivity contribution in [3.8, 4) is 0 Å². The van der Waals surface area contributed by atoms with Crippen molar-refractivity contribution in [2.45, 2.75) is 31.5 Å². The first-order valence-corrected chi connectivity index (χ1v) is 6.43. The topological polar surface area (TPSA) is 55.6 Å². The molecule has 1 fully saturated rings. The van der Waals surface area contributed by atoms with E-state index < -0.39 is 6.10 Å². The molecule has 0 heterocycles. The standard InChI is InChI=1S/C14H19FN2O2.ClH/c1-19-13(8-16)14(18)17(12-6-7-12)9-10-2-4-11(15)5-3-10;/h2-5,12-13H,6-9,16H2,1H3;1H. The number of nitrogens with two attached hydrogens (primary N) is 1. The van der Waals surface area contributed by atoms with E-state index in [4.69, 9.17) is 10.5 Å². The fraction of sp³-hybridized carbons (Fsp3) is 0.500. The summed E-state index contributed by atoms with van der Waals surface area (Å²) in [5, 5.41) is 0. The zero-order valence-electron chi connectivity index (χ0n) is 11.4. The van der Waals surface area contributed by atoms with Crippen LogP contribution < -0.4 is 5.73 Å². The van der Waals surface area contributed by atoms with E-state index >= 15 is 0 Å². The van der Waals surface area contributed by atoms with Crippen LogP contribution in [0.1, 0.15) is 18.4 Å². The third kappa shape index (κ3) is 4.16. The van der Waals surface area contributed by atoms with Crippen molar-refractivity contribution in [1.29, 1.82) is 0 Å². The third-order valence-corrected chi connectivity index (χ3v) is 3.31. The van der Waals surface area contributed by atoms with Crippen LogP contribution in [0.4, 0.5) is 4.39 Å². The molecule has 6 heteroatoms. The molecule has 0 aromatic heterocycles. The summed E-state index contributed by atoms with van der Waals surface area (Å²) in [5.74, 6) is -0.360. The van der Waals surface area contributed by atoms with Crippen LogP contribution in [0.5, 0.6) is 0 Å². The van der Waals surface area contributed by atoms with Gasteiger partial charge in [-0.25, -0.2) is 4.39 Å². The van der Waals surface area contributed by atoms with Gasteiger partial charge in [0.2, 0.25) is 0 Å². The number of methoxy groups -OCH3 is 1. The second-order valence-corrected chi connectivity index (χ2v) is 4.78. The van der Waals surface area contributed by atoms with Crippen LogP contribution in [-0.2, 0) is 16.1 Å². The fourth-order valence-corrected chi connectivity index (χ4v) is 2.04. The van der Waals surface area contributed by atoms with Gasteiger partial charge in [0.25, 0.3) is 5.91 Å². The van der Waals surface area contributed by atoms with Crippen LogP contribution in [0.3, 0.4) is 0 Å². The monoisotopic (exact) mass is 302 g/mol. The van der Waals surface area contributed by atoms with Gasteiger partial charge in [0, 0.05) is 26.2 Å². The molecule has 1 aromatic rings. The average molecular weight is 303 g/mol. The Labute approximate surface area is 124 Å². The number of carbonyl (C=O) groups excluding carboxylic acids is 1. The molecule has 0 bridgehead atoms. The summed E-state index contributed by atoms with van der Waals surface area (Å²) < 4.78 is 18.0. The molecule has 20 heavy (non-hydrogen) atoms. The van der Waals surface area contributed by atoms with Crippen molar-refractivity contribution in [3.05, 3.63) is 35.6 Å². The van der Waals surface area contributed by atoms with Crippen molar-refractivity contribution >= 4 is 18.3 Å². The Hall–Kier alpha value is -1.17. The van der Waals surface area contributed by atoms with E-state index in [0.29, 0.717) is 6.54 Å². The first-order chi connectivity index (χ1) is 9.15. The highest BCUT2D eigenvalue weighted by atomic mass is 35.5. The fourth-order valence-electron chi connectivity index (χ4n) is 2.04. The number of carbonyl (C=O) groups is 1.